The normalized spacial score (nSPS) is 13.5. The lowest BCUT2D eigenvalue weighted by Gasteiger charge is -2.15. The molecule has 1 aromatic carbocycles. The van der Waals surface area contributed by atoms with E-state index in [1.54, 1.807) is 23.1 Å². The first kappa shape index (κ1) is 20.5. The third kappa shape index (κ3) is 4.17. The van der Waals surface area contributed by atoms with Crippen molar-refractivity contribution in [2.75, 3.05) is 6.56 Å². The Hall–Kier alpha value is -4.70. The fraction of sp³-hybridized carbons (Fsp3) is 0.148. The van der Waals surface area contributed by atoms with Crippen molar-refractivity contribution in [3.63, 3.8) is 0 Å². The Morgan fingerprint density at radius 3 is 2.41 bits per heavy atom. The molecule has 0 fully saturated rings. The predicted octanol–water partition coefficient (Wildman–Crippen LogP) is 4.18. The van der Waals surface area contributed by atoms with Crippen molar-refractivity contribution in [2.24, 2.45) is 0 Å². The van der Waals surface area contributed by atoms with E-state index in [9.17, 15) is 9.50 Å². The fourth-order valence-electron chi connectivity index (χ4n) is 4.29. The number of benzene rings is 1. The molecule has 0 amide bonds. The Kier molecular flexibility index (Phi) is 5.02. The van der Waals surface area contributed by atoms with Crippen LogP contribution in [0.5, 0.6) is 0 Å². The Morgan fingerprint density at radius 1 is 0.946 bits per heavy atom. The van der Waals surface area contributed by atoms with Gasteiger partial charge in [0.2, 0.25) is 0 Å². The summed E-state index contributed by atoms with van der Waals surface area (Å²) in [6, 6.07) is 11.9. The summed E-state index contributed by atoms with van der Waals surface area (Å²) in [6.07, 6.45) is 8.14. The van der Waals surface area contributed by atoms with Crippen LogP contribution in [-0.4, -0.2) is 50.6 Å². The van der Waals surface area contributed by atoms with E-state index in [2.05, 4.69) is 15.2 Å². The van der Waals surface area contributed by atoms with E-state index in [1.807, 2.05) is 48.9 Å². The first-order valence-electron chi connectivity index (χ1n) is 12.5. The number of halogens is 1. The van der Waals surface area contributed by atoms with Crippen molar-refractivity contribution in [2.45, 2.75) is 19.9 Å². The molecule has 0 saturated carbocycles. The van der Waals surface area contributed by atoms with Gasteiger partial charge in [0, 0.05) is 34.9 Å². The Labute approximate surface area is 214 Å². The van der Waals surface area contributed by atoms with Crippen LogP contribution in [0.15, 0.2) is 79.5 Å². The van der Waals surface area contributed by atoms with E-state index in [1.165, 1.54) is 35.1 Å². The minimum Gasteiger partial charge on any atom is -0.394 e. The molecule has 0 aliphatic carbocycles. The predicted molar refractivity (Wildman–Crippen MR) is 136 cm³/mol. The number of rotatable bonds is 6. The van der Waals surface area contributed by atoms with Gasteiger partial charge in [-0.2, -0.15) is 10.1 Å². The van der Waals surface area contributed by atoms with Gasteiger partial charge in [0.1, 0.15) is 5.82 Å². The highest BCUT2D eigenvalue weighted by molar-refractivity contribution is 5.66. The highest BCUT2D eigenvalue weighted by Gasteiger charge is 2.16. The standard InChI is InChI=1S/C27H23FN8O/c1-17-3-4-18(2)36(17)27-32-26-11-20(9-10-34(26)33-27)23-13-29-14-24(31-23)21-12-30-35(15-21)25(16-37)19-5-7-22(28)8-6-19/h3-15,25,37H,16H2,1-2H3/i16D2. The number of aromatic nitrogens is 8. The summed E-state index contributed by atoms with van der Waals surface area (Å²) < 4.78 is 34.3. The lowest BCUT2D eigenvalue weighted by Crippen LogP contribution is -2.15. The molecule has 10 heteroatoms. The Balaban J connectivity index is 1.33. The summed E-state index contributed by atoms with van der Waals surface area (Å²) in [5.41, 5.74) is 5.58. The first-order valence-corrected chi connectivity index (χ1v) is 11.5. The molecule has 0 saturated heterocycles. The molecule has 1 unspecified atom stereocenters. The summed E-state index contributed by atoms with van der Waals surface area (Å²) in [5.74, 6) is 0.124. The number of aryl methyl sites for hydroxylation is 2. The second kappa shape index (κ2) is 9.07. The van der Waals surface area contributed by atoms with Crippen LogP contribution < -0.4 is 0 Å². The molecule has 0 spiro atoms. The first-order chi connectivity index (χ1) is 18.7. The van der Waals surface area contributed by atoms with E-state index < -0.39 is 18.4 Å². The summed E-state index contributed by atoms with van der Waals surface area (Å²) in [5, 5.41) is 19.1. The summed E-state index contributed by atoms with van der Waals surface area (Å²) in [6.45, 7) is 1.35. The molecule has 5 aromatic heterocycles. The minimum absolute atomic E-state index is 0.365. The maximum absolute atomic E-state index is 13.4. The van der Waals surface area contributed by atoms with Crippen molar-refractivity contribution in [1.82, 2.24) is 38.9 Å². The van der Waals surface area contributed by atoms with Gasteiger partial charge in [-0.15, -0.1) is 5.10 Å². The third-order valence-electron chi connectivity index (χ3n) is 6.20. The van der Waals surface area contributed by atoms with Crippen molar-refractivity contribution in [3.8, 4) is 28.5 Å². The number of hydrogen-bond acceptors (Lipinski definition) is 6. The topological polar surface area (TPSA) is 98.9 Å². The Morgan fingerprint density at radius 2 is 1.68 bits per heavy atom. The maximum Gasteiger partial charge on any atom is 0.254 e. The summed E-state index contributed by atoms with van der Waals surface area (Å²) in [7, 11) is 0. The smallest absolute Gasteiger partial charge is 0.254 e. The van der Waals surface area contributed by atoms with Gasteiger partial charge in [0.15, 0.2) is 5.65 Å². The van der Waals surface area contributed by atoms with Crippen LogP contribution in [0.2, 0.25) is 0 Å². The Bertz CT molecular complexity index is 1780. The van der Waals surface area contributed by atoms with Crippen LogP contribution in [0.25, 0.3) is 34.1 Å². The van der Waals surface area contributed by atoms with E-state index in [-0.39, 0.29) is 0 Å². The monoisotopic (exact) mass is 496 g/mol. The molecule has 0 aliphatic heterocycles. The molecular weight excluding hydrogens is 471 g/mol. The molecule has 6 rings (SSSR count). The molecule has 0 radical (unpaired) electrons. The zero-order valence-electron chi connectivity index (χ0n) is 22.0. The minimum atomic E-state index is -2.65. The van der Waals surface area contributed by atoms with Gasteiger partial charge in [0.25, 0.3) is 5.95 Å². The van der Waals surface area contributed by atoms with Crippen LogP contribution in [0.1, 0.15) is 25.7 Å². The molecule has 5 heterocycles. The van der Waals surface area contributed by atoms with Gasteiger partial charge < -0.3 is 5.11 Å². The second-order valence-corrected chi connectivity index (χ2v) is 8.66. The highest BCUT2D eigenvalue weighted by atomic mass is 19.1. The summed E-state index contributed by atoms with van der Waals surface area (Å²) in [4.78, 5) is 13.8. The van der Waals surface area contributed by atoms with Crippen molar-refractivity contribution >= 4 is 5.65 Å². The van der Waals surface area contributed by atoms with E-state index in [0.29, 0.717) is 34.1 Å². The largest absolute Gasteiger partial charge is 0.394 e. The van der Waals surface area contributed by atoms with E-state index >= 15 is 0 Å². The molecular formula is C27H23FN8O. The van der Waals surface area contributed by atoms with E-state index in [0.717, 1.165) is 17.0 Å². The molecule has 9 nitrogen and oxygen atoms in total. The average Bonchev–Trinajstić information content (AvgIpc) is 3.63. The van der Waals surface area contributed by atoms with Crippen LogP contribution >= 0.6 is 0 Å². The number of fused-ring (bicyclic) bond motifs is 1. The fourth-order valence-corrected chi connectivity index (χ4v) is 4.29. The highest BCUT2D eigenvalue weighted by Crippen LogP contribution is 2.25. The van der Waals surface area contributed by atoms with Crippen molar-refractivity contribution in [1.29, 1.82) is 0 Å². The maximum atomic E-state index is 13.4. The van der Waals surface area contributed by atoms with Crippen LogP contribution in [-0.2, 0) is 0 Å². The number of hydrogen-bond donors (Lipinski definition) is 1. The van der Waals surface area contributed by atoms with Gasteiger partial charge in [-0.05, 0) is 55.8 Å². The lowest BCUT2D eigenvalue weighted by molar-refractivity contribution is 0.241. The third-order valence-corrected chi connectivity index (χ3v) is 6.20. The molecule has 0 aliphatic rings. The van der Waals surface area contributed by atoms with Gasteiger partial charge in [-0.1, -0.05) is 12.1 Å². The number of pyridine rings is 1. The second-order valence-electron chi connectivity index (χ2n) is 8.66. The average molecular weight is 497 g/mol. The van der Waals surface area contributed by atoms with Crippen molar-refractivity contribution < 1.29 is 12.2 Å². The SMILES string of the molecule is [2H]C([2H])(O)C(c1ccc(F)cc1)n1cc(-c2cncc(-c3ccn4nc(-n5c(C)ccc5C)nc4c3)n2)cn1. The van der Waals surface area contributed by atoms with Gasteiger partial charge in [-0.25, -0.2) is 13.9 Å². The zero-order valence-corrected chi connectivity index (χ0v) is 20.0. The molecule has 6 aromatic rings. The zero-order chi connectivity index (χ0) is 27.3. The van der Waals surface area contributed by atoms with Gasteiger partial charge in [-0.3, -0.25) is 14.2 Å². The van der Waals surface area contributed by atoms with E-state index in [4.69, 9.17) is 12.7 Å². The quantitative estimate of drug-likeness (QED) is 0.372. The van der Waals surface area contributed by atoms with Crippen LogP contribution in [0, 0.1) is 19.7 Å². The van der Waals surface area contributed by atoms with Gasteiger partial charge >= 0.3 is 0 Å². The lowest BCUT2D eigenvalue weighted by atomic mass is 10.1. The number of aliphatic hydroxyl groups is 1. The molecule has 0 bridgehead atoms. The molecule has 184 valence electrons. The van der Waals surface area contributed by atoms with Gasteiger partial charge in [0.05, 0.1) is 45.3 Å². The molecule has 1 N–H and O–H groups in total. The number of nitrogens with zero attached hydrogens (tertiary/aromatic N) is 8. The van der Waals surface area contributed by atoms with Crippen LogP contribution in [0.4, 0.5) is 4.39 Å². The molecule has 1 atom stereocenters. The molecule has 37 heavy (non-hydrogen) atoms. The summed E-state index contributed by atoms with van der Waals surface area (Å²) >= 11 is 0. The van der Waals surface area contributed by atoms with Crippen LogP contribution in [0.3, 0.4) is 0 Å². The van der Waals surface area contributed by atoms with Crippen molar-refractivity contribution in [3.05, 3.63) is 102 Å².